The van der Waals surface area contributed by atoms with Gasteiger partial charge >= 0.3 is 35.8 Å². The molecule has 0 aromatic rings. The molecule has 0 spiro atoms. The van der Waals surface area contributed by atoms with Gasteiger partial charge in [0.15, 0.2) is 72.0 Å². The second kappa shape index (κ2) is 35.5. The molecule has 95 heavy (non-hydrogen) atoms. The second-order valence-electron chi connectivity index (χ2n) is 22.0. The SMILES string of the molecule is CC(=O)O[C@@H]1[C@@H](OC(C)=O)[C@@H](O[C@H]2O[C@H](CNC(=S)NC[C@H]3O[C@H](O[C@H]4O[C@H](CN=[N+]=[N-])[C@@H](O)[C@H](O)[C@H]4O)[C@H](O)[C@@H](O)[C@@H]3O)[C@@H](OC(C)=O)[C@H](OC(C)=O)[C@H]2OC(C)=O)O[C@H](CNC(=S)NC[C@H]2O[C@H](O[C@H]3O[C@H](CN=[N+]=[N-])[C@@H](O)[C@H](O)[C@H]3O)[C@H](O)[C@@H](O)[C@@H]2O)[C@H]1OC(C)=O. The van der Waals surface area contributed by atoms with E-state index in [0.717, 1.165) is 41.5 Å². The van der Waals surface area contributed by atoms with Gasteiger partial charge in [-0.25, -0.2) is 0 Å². The summed E-state index contributed by atoms with van der Waals surface area (Å²) in [6.07, 6.45) is -55.2. The number of thiocarbonyl (C=S) groups is 2. The smallest absolute Gasteiger partial charge is 0.303 e. The van der Waals surface area contributed by atoms with Crippen LogP contribution in [0.1, 0.15) is 41.5 Å². The molecule has 536 valence electrons. The molecule has 30 atom stereocenters. The summed E-state index contributed by atoms with van der Waals surface area (Å²) < 4.78 is 85.9. The molecule has 6 rings (SSSR count). The van der Waals surface area contributed by atoms with E-state index in [4.69, 9.17) is 107 Å². The van der Waals surface area contributed by atoms with Crippen molar-refractivity contribution in [2.45, 2.75) is 226 Å². The maximum Gasteiger partial charge on any atom is 0.303 e. The van der Waals surface area contributed by atoms with E-state index in [-0.39, 0.29) is 10.2 Å². The number of aliphatic hydroxyl groups excluding tert-OH is 12. The lowest BCUT2D eigenvalue weighted by Crippen LogP contribution is -2.68. The van der Waals surface area contributed by atoms with Crippen LogP contribution in [0.25, 0.3) is 20.9 Å². The van der Waals surface area contributed by atoms with E-state index < -0.39 is 259 Å². The van der Waals surface area contributed by atoms with Crippen LogP contribution in [-0.2, 0) is 99.8 Å². The topological polar surface area (TPSA) is 629 Å². The Bertz CT molecular complexity index is 2590. The number of esters is 6. The van der Waals surface area contributed by atoms with Crippen LogP contribution in [0.4, 0.5) is 0 Å². The number of rotatable bonds is 24. The van der Waals surface area contributed by atoms with Crippen molar-refractivity contribution in [1.29, 1.82) is 0 Å². The van der Waals surface area contributed by atoms with E-state index in [1.165, 1.54) is 0 Å². The zero-order chi connectivity index (χ0) is 70.4. The van der Waals surface area contributed by atoms with Crippen molar-refractivity contribution in [3.63, 3.8) is 0 Å². The predicted octanol–water partition coefficient (Wildman–Crippen LogP) is -9.14. The number of nitrogens with zero attached hydrogens (tertiary/aromatic N) is 6. The number of ether oxygens (including phenoxy) is 15. The Morgan fingerprint density at radius 2 is 0.558 bits per heavy atom. The number of nitrogens with one attached hydrogen (secondary N) is 4. The summed E-state index contributed by atoms with van der Waals surface area (Å²) in [7, 11) is 0. The summed E-state index contributed by atoms with van der Waals surface area (Å²) in [5.41, 5.74) is 17.5. The van der Waals surface area contributed by atoms with Crippen molar-refractivity contribution in [2.75, 3.05) is 39.3 Å². The molecule has 0 radical (unpaired) electrons. The van der Waals surface area contributed by atoms with Crippen molar-refractivity contribution in [2.24, 2.45) is 10.2 Å². The van der Waals surface area contributed by atoms with Gasteiger partial charge in [-0.1, -0.05) is 10.2 Å². The quantitative estimate of drug-likeness (QED) is 0.0107. The van der Waals surface area contributed by atoms with Crippen molar-refractivity contribution in [3.8, 4) is 0 Å². The normalized spacial score (nSPS) is 40.1. The van der Waals surface area contributed by atoms with Crippen molar-refractivity contribution in [1.82, 2.24) is 21.3 Å². The fourth-order valence-corrected chi connectivity index (χ4v) is 10.9. The Morgan fingerprint density at radius 1 is 0.337 bits per heavy atom. The largest absolute Gasteiger partial charge is 0.456 e. The maximum atomic E-state index is 12.9. The number of carbonyl (C=O) groups is 6. The molecule has 0 aliphatic carbocycles. The fraction of sp³-hybridized carbons (Fsp3) is 0.840. The van der Waals surface area contributed by atoms with Crippen LogP contribution in [0, 0.1) is 0 Å². The molecule has 0 unspecified atom stereocenters. The van der Waals surface area contributed by atoms with Crippen LogP contribution in [0.3, 0.4) is 0 Å². The van der Waals surface area contributed by atoms with Gasteiger partial charge in [-0.15, -0.1) is 0 Å². The minimum Gasteiger partial charge on any atom is -0.456 e. The Hall–Kier alpha value is -6.02. The Balaban J connectivity index is 1.21. The molecule has 45 heteroatoms. The van der Waals surface area contributed by atoms with Crippen molar-refractivity contribution in [3.05, 3.63) is 20.9 Å². The molecule has 6 heterocycles. The molecule has 6 aliphatic heterocycles. The van der Waals surface area contributed by atoms with Gasteiger partial charge in [-0.3, -0.25) is 28.8 Å². The first-order valence-corrected chi connectivity index (χ1v) is 29.7. The summed E-state index contributed by atoms with van der Waals surface area (Å²) in [5, 5.41) is 145. The highest BCUT2D eigenvalue weighted by Crippen LogP contribution is 2.36. The zero-order valence-corrected chi connectivity index (χ0v) is 52.6. The number of hydrogen-bond acceptors (Lipinski definition) is 37. The molecule has 0 saturated carbocycles. The Morgan fingerprint density at radius 3 is 0.832 bits per heavy atom. The average molecular weight is 1410 g/mol. The first-order chi connectivity index (χ1) is 44.8. The van der Waals surface area contributed by atoms with Crippen LogP contribution < -0.4 is 21.3 Å². The number of aliphatic hydroxyl groups is 12. The summed E-state index contributed by atoms with van der Waals surface area (Å²) in [6.45, 7) is 2.35. The first kappa shape index (κ1) is 78.0. The van der Waals surface area contributed by atoms with Gasteiger partial charge in [0, 0.05) is 77.5 Å². The van der Waals surface area contributed by atoms with Crippen LogP contribution >= 0.6 is 24.4 Å². The van der Waals surface area contributed by atoms with Gasteiger partial charge in [0.25, 0.3) is 0 Å². The van der Waals surface area contributed by atoms with Gasteiger partial charge in [-0.05, 0) is 35.5 Å². The van der Waals surface area contributed by atoms with E-state index in [1.54, 1.807) is 0 Å². The van der Waals surface area contributed by atoms with Crippen LogP contribution in [0.15, 0.2) is 10.2 Å². The lowest BCUT2D eigenvalue weighted by atomic mass is 9.96. The zero-order valence-electron chi connectivity index (χ0n) is 51.0. The van der Waals surface area contributed by atoms with E-state index in [1.807, 2.05) is 0 Å². The highest BCUT2D eigenvalue weighted by molar-refractivity contribution is 7.80. The first-order valence-electron chi connectivity index (χ1n) is 28.9. The third-order valence-corrected chi connectivity index (χ3v) is 15.6. The standard InChI is InChI=1S/C50H76N10O33S2/c1-13(61)79-37-23(9-55-49(94)53-7-19-25(67)29(71)33(75)43(85-19)91-45-35(77)31(73)27(69)21(87-45)11-57-59-51)89-47(41(83-17(5)65)39(37)81-15(3)63)93-48-42(84-18(6)66)40(82-16(4)64)38(80-14(2)62)24(90-48)10-56-50(95)54-8-20-26(68)30(72)34(76)44(86-20)92-46-36(78)32(74)28(70)22(88-46)12-58-60-52/h19-48,67-78H,7-12H2,1-6H3,(H2,53,55,94)(H2,54,56,95)/t19-,20-,21-,22-,23-,24-,25-,26-,27-,28-,29+,30+,31+,32+,33-,34-,35-,36-,37-,38-,39+,40+,41-,42-,43-,44-,45-,46-,47-,48-/m1/s1. The Labute approximate surface area is 547 Å². The lowest BCUT2D eigenvalue weighted by molar-refractivity contribution is -0.373. The molecule has 0 amide bonds. The summed E-state index contributed by atoms with van der Waals surface area (Å²) >= 11 is 11.0. The number of hydrogen-bond donors (Lipinski definition) is 16. The Kier molecular flexibility index (Phi) is 29.1. The van der Waals surface area contributed by atoms with Gasteiger partial charge in [0.2, 0.25) is 12.6 Å². The summed E-state index contributed by atoms with van der Waals surface area (Å²) in [5.74, 6) is -6.28. The lowest BCUT2D eigenvalue weighted by Gasteiger charge is -2.48. The second-order valence-corrected chi connectivity index (χ2v) is 22.8. The molecule has 16 N–H and O–H groups in total. The summed E-state index contributed by atoms with van der Waals surface area (Å²) in [4.78, 5) is 82.3. The third-order valence-electron chi connectivity index (χ3n) is 15.0. The summed E-state index contributed by atoms with van der Waals surface area (Å²) in [6, 6.07) is 0. The van der Waals surface area contributed by atoms with Gasteiger partial charge in [0.1, 0.15) is 97.7 Å². The number of azide groups is 2. The van der Waals surface area contributed by atoms with Crippen LogP contribution in [0.2, 0.25) is 0 Å². The minimum atomic E-state index is -2.08. The maximum absolute atomic E-state index is 12.9. The molecule has 0 aromatic carbocycles. The fourth-order valence-electron chi connectivity index (χ4n) is 10.5. The molecule has 6 saturated heterocycles. The third kappa shape index (κ3) is 20.5. The minimum absolute atomic E-state index is 0.323. The van der Waals surface area contributed by atoms with Crippen LogP contribution in [0.5, 0.6) is 0 Å². The molecular formula is C50H76N10O33S2. The molecule has 0 aromatic heterocycles. The molecule has 6 fully saturated rings. The molecular weight excluding hydrogens is 1330 g/mol. The van der Waals surface area contributed by atoms with E-state index in [0.29, 0.717) is 0 Å². The predicted molar refractivity (Wildman–Crippen MR) is 306 cm³/mol. The molecule has 43 nitrogen and oxygen atoms in total. The van der Waals surface area contributed by atoms with E-state index in [9.17, 15) is 90.0 Å². The van der Waals surface area contributed by atoms with Gasteiger partial charge in [0.05, 0.1) is 25.3 Å². The molecule has 0 bridgehead atoms. The number of carbonyl (C=O) groups excluding carboxylic acids is 6. The highest BCUT2D eigenvalue weighted by Gasteiger charge is 2.59. The van der Waals surface area contributed by atoms with Crippen LogP contribution in [-0.4, -0.2) is 331 Å². The van der Waals surface area contributed by atoms with Gasteiger partial charge in [-0.2, -0.15) is 0 Å². The monoisotopic (exact) mass is 1410 g/mol. The van der Waals surface area contributed by atoms with Crippen molar-refractivity contribution >= 4 is 70.5 Å². The van der Waals surface area contributed by atoms with E-state index in [2.05, 4.69) is 41.3 Å². The van der Waals surface area contributed by atoms with Crippen molar-refractivity contribution < 1.29 is 161 Å². The highest BCUT2D eigenvalue weighted by atomic mass is 32.1. The average Bonchev–Trinajstić information content (AvgIpc) is 0.759. The van der Waals surface area contributed by atoms with Gasteiger partial charge < -0.3 is 154 Å². The molecule has 6 aliphatic rings. The van der Waals surface area contributed by atoms with E-state index >= 15 is 0 Å².